The summed E-state index contributed by atoms with van der Waals surface area (Å²) in [6.07, 6.45) is -9.25. The summed E-state index contributed by atoms with van der Waals surface area (Å²) in [6.45, 7) is 5.00. The lowest BCUT2D eigenvalue weighted by Gasteiger charge is -2.16. The van der Waals surface area contributed by atoms with E-state index in [1.165, 1.54) is 30.5 Å². The maximum atomic E-state index is 13.7. The van der Waals surface area contributed by atoms with Gasteiger partial charge < -0.3 is 16.0 Å². The molecule has 4 aromatic rings. The van der Waals surface area contributed by atoms with E-state index >= 15 is 0 Å². The van der Waals surface area contributed by atoms with Crippen molar-refractivity contribution in [2.24, 2.45) is 0 Å². The number of nitrogens with one attached hydrogen (secondary N) is 3. The molecule has 3 N–H and O–H groups in total. The van der Waals surface area contributed by atoms with Crippen LogP contribution in [0.4, 0.5) is 43.5 Å². The number of alkyl halides is 6. The summed E-state index contributed by atoms with van der Waals surface area (Å²) in [5.41, 5.74) is -3.90. The Morgan fingerprint density at radius 3 is 2.27 bits per heavy atom. The summed E-state index contributed by atoms with van der Waals surface area (Å²) in [4.78, 5) is 30.8. The number of halogens is 7. The monoisotopic (exact) mass is 649 g/mol. The van der Waals surface area contributed by atoms with E-state index in [0.29, 0.717) is 5.56 Å². The van der Waals surface area contributed by atoms with Crippen LogP contribution in [0.15, 0.2) is 54.7 Å². The Kier molecular flexibility index (Phi) is 9.10. The van der Waals surface area contributed by atoms with Crippen molar-refractivity contribution < 1.29 is 35.9 Å². The van der Waals surface area contributed by atoms with Gasteiger partial charge in [0.1, 0.15) is 5.69 Å². The van der Waals surface area contributed by atoms with Crippen LogP contribution in [-0.2, 0) is 12.4 Å². The Morgan fingerprint density at radius 2 is 1.67 bits per heavy atom. The van der Waals surface area contributed by atoms with Crippen LogP contribution in [-0.4, -0.2) is 32.6 Å². The fourth-order valence-electron chi connectivity index (χ4n) is 4.26. The normalized spacial score (nSPS) is 11.7. The Hall–Kier alpha value is -5.10. The van der Waals surface area contributed by atoms with Gasteiger partial charge in [-0.05, 0) is 68.8 Å². The number of hydrogen-bond acceptors (Lipinski definition) is 6. The highest BCUT2D eigenvalue weighted by molar-refractivity contribution is 6.32. The van der Waals surface area contributed by atoms with Gasteiger partial charge in [-0.2, -0.15) is 31.6 Å². The van der Waals surface area contributed by atoms with Gasteiger partial charge in [-0.15, -0.1) is 5.10 Å². The van der Waals surface area contributed by atoms with E-state index in [1.807, 2.05) is 6.07 Å². The van der Waals surface area contributed by atoms with Gasteiger partial charge in [0.15, 0.2) is 11.6 Å². The number of benzene rings is 2. The fourth-order valence-corrected chi connectivity index (χ4v) is 4.47. The maximum absolute atomic E-state index is 13.7. The number of aromatic nitrogens is 3. The molecule has 0 saturated heterocycles. The van der Waals surface area contributed by atoms with E-state index in [9.17, 15) is 41.2 Å². The molecule has 2 aromatic carbocycles. The minimum Gasteiger partial charge on any atom is -0.350 e. The third-order valence-electron chi connectivity index (χ3n) is 6.15. The number of nitrogens with zero attached hydrogens (tertiary/aromatic N) is 4. The third kappa shape index (κ3) is 7.35. The van der Waals surface area contributed by atoms with Crippen molar-refractivity contribution in [1.82, 2.24) is 20.1 Å². The number of rotatable bonds is 7. The smallest absolute Gasteiger partial charge is 0.350 e. The van der Waals surface area contributed by atoms with Gasteiger partial charge in [0.05, 0.1) is 39.0 Å². The van der Waals surface area contributed by atoms with Crippen LogP contribution < -0.4 is 16.0 Å². The topological polar surface area (TPSA) is 125 Å². The Bertz CT molecular complexity index is 1830. The molecule has 0 aliphatic heterocycles. The molecular formula is C29H22ClF6N7O2. The van der Waals surface area contributed by atoms with E-state index in [1.54, 1.807) is 20.8 Å². The number of amides is 2. The number of aryl methyl sites for hydroxylation is 1. The Labute approximate surface area is 256 Å². The highest BCUT2D eigenvalue weighted by atomic mass is 35.5. The average Bonchev–Trinajstić information content (AvgIpc) is 3.36. The van der Waals surface area contributed by atoms with E-state index in [0.717, 1.165) is 16.8 Å². The van der Waals surface area contributed by atoms with Gasteiger partial charge in [0, 0.05) is 24.0 Å². The molecule has 4 rings (SSSR count). The van der Waals surface area contributed by atoms with Crippen molar-refractivity contribution in [2.75, 3.05) is 10.6 Å². The first-order chi connectivity index (χ1) is 21.0. The van der Waals surface area contributed by atoms with E-state index in [4.69, 9.17) is 11.6 Å². The summed E-state index contributed by atoms with van der Waals surface area (Å²) >= 11 is 6.28. The molecule has 0 bridgehead atoms. The molecule has 0 spiro atoms. The lowest BCUT2D eigenvalue weighted by Crippen LogP contribution is -2.31. The van der Waals surface area contributed by atoms with E-state index in [-0.39, 0.29) is 57.3 Å². The quantitative estimate of drug-likeness (QED) is 0.181. The van der Waals surface area contributed by atoms with E-state index in [2.05, 4.69) is 26.0 Å². The predicted octanol–water partition coefficient (Wildman–Crippen LogP) is 7.27. The highest BCUT2D eigenvalue weighted by Crippen LogP contribution is 2.41. The Balaban J connectivity index is 1.80. The van der Waals surface area contributed by atoms with Crippen molar-refractivity contribution >= 4 is 40.6 Å². The molecule has 0 fully saturated rings. The summed E-state index contributed by atoms with van der Waals surface area (Å²) in [5.74, 6) is -1.75. The zero-order valence-electron chi connectivity index (χ0n) is 23.5. The van der Waals surface area contributed by atoms with Crippen molar-refractivity contribution in [3.05, 3.63) is 93.3 Å². The first-order valence-electron chi connectivity index (χ1n) is 12.9. The number of hydrogen-bond donors (Lipinski definition) is 3. The van der Waals surface area contributed by atoms with Crippen LogP contribution in [0.5, 0.6) is 0 Å². The zero-order valence-corrected chi connectivity index (χ0v) is 24.3. The Morgan fingerprint density at radius 1 is 0.978 bits per heavy atom. The first kappa shape index (κ1) is 32.8. The SMILES string of the molecule is Cc1cc(C#N)cc(C(=O)NC(C)C)c1NC(=O)c1cc(Nc2ccc(C(F)(F)F)c(C(F)(F)F)c2)nn1-c1ncccc1Cl. The summed E-state index contributed by atoms with van der Waals surface area (Å²) < 4.78 is 81.3. The summed E-state index contributed by atoms with van der Waals surface area (Å²) in [7, 11) is 0. The van der Waals surface area contributed by atoms with Crippen LogP contribution in [0, 0.1) is 18.3 Å². The lowest BCUT2D eigenvalue weighted by atomic mass is 10.0. The molecule has 2 aromatic heterocycles. The predicted molar refractivity (Wildman–Crippen MR) is 153 cm³/mol. The molecule has 0 atom stereocenters. The largest absolute Gasteiger partial charge is 0.417 e. The van der Waals surface area contributed by atoms with Crippen molar-refractivity contribution in [1.29, 1.82) is 5.26 Å². The van der Waals surface area contributed by atoms with Gasteiger partial charge in [-0.1, -0.05) is 11.6 Å². The molecule has 234 valence electrons. The average molecular weight is 650 g/mol. The van der Waals surface area contributed by atoms with Gasteiger partial charge >= 0.3 is 12.4 Å². The van der Waals surface area contributed by atoms with E-state index < -0.39 is 41.0 Å². The number of pyridine rings is 1. The second-order valence-corrected chi connectivity index (χ2v) is 10.3. The number of carbonyl (C=O) groups excluding carboxylic acids is 2. The molecule has 0 unspecified atom stereocenters. The van der Waals surface area contributed by atoms with Gasteiger partial charge in [0.2, 0.25) is 0 Å². The van der Waals surface area contributed by atoms with Crippen LogP contribution in [0.25, 0.3) is 5.82 Å². The minimum atomic E-state index is -5.33. The van der Waals surface area contributed by atoms with Gasteiger partial charge in [-0.3, -0.25) is 9.59 Å². The zero-order chi connectivity index (χ0) is 33.3. The van der Waals surface area contributed by atoms with Gasteiger partial charge in [-0.25, -0.2) is 9.67 Å². The molecule has 2 heterocycles. The van der Waals surface area contributed by atoms with Crippen molar-refractivity contribution in [3.8, 4) is 11.9 Å². The fraction of sp³-hybridized carbons (Fsp3) is 0.207. The minimum absolute atomic E-state index is 0.0154. The highest BCUT2D eigenvalue weighted by Gasteiger charge is 2.43. The third-order valence-corrected chi connectivity index (χ3v) is 6.45. The van der Waals surface area contributed by atoms with Crippen LogP contribution in [0.1, 0.15) is 56.9 Å². The molecule has 9 nitrogen and oxygen atoms in total. The van der Waals surface area contributed by atoms with Crippen molar-refractivity contribution in [3.63, 3.8) is 0 Å². The first-order valence-corrected chi connectivity index (χ1v) is 13.3. The van der Waals surface area contributed by atoms with Crippen LogP contribution >= 0.6 is 11.6 Å². The maximum Gasteiger partial charge on any atom is 0.417 e. The standard InChI is InChI=1S/C29H22ClF6N7O2/c1-14(2)39-26(44)18-10-16(13-37)9-15(3)24(18)41-27(45)22-12-23(42-43(22)25-21(30)5-4-8-38-25)40-17-6-7-19(28(31,32)33)20(11-17)29(34,35)36/h4-12,14H,1-3H3,(H,39,44)(H,40,42)(H,41,45). The molecule has 16 heteroatoms. The molecule has 0 aliphatic rings. The molecule has 0 radical (unpaired) electrons. The van der Waals surface area contributed by atoms with Gasteiger partial charge in [0.25, 0.3) is 11.8 Å². The number of carbonyl (C=O) groups is 2. The second-order valence-electron chi connectivity index (χ2n) is 9.93. The molecule has 45 heavy (non-hydrogen) atoms. The van der Waals surface area contributed by atoms with Crippen LogP contribution in [0.3, 0.4) is 0 Å². The van der Waals surface area contributed by atoms with Crippen LogP contribution in [0.2, 0.25) is 5.02 Å². The summed E-state index contributed by atoms with van der Waals surface area (Å²) in [6, 6.07) is 9.78. The number of anilines is 3. The lowest BCUT2D eigenvalue weighted by molar-refractivity contribution is -0.162. The molecule has 0 aliphatic carbocycles. The molecule has 0 saturated carbocycles. The molecular weight excluding hydrogens is 628 g/mol. The van der Waals surface area contributed by atoms with Crippen molar-refractivity contribution in [2.45, 2.75) is 39.2 Å². The number of nitriles is 1. The molecule has 2 amide bonds. The summed E-state index contributed by atoms with van der Waals surface area (Å²) in [5, 5.41) is 21.4. The second kappa shape index (κ2) is 12.5.